The van der Waals surface area contributed by atoms with Crippen LogP contribution in [0.5, 0.6) is 0 Å². The van der Waals surface area contributed by atoms with Crippen molar-refractivity contribution in [3.05, 3.63) is 38.1 Å². The van der Waals surface area contributed by atoms with Crippen molar-refractivity contribution >= 4 is 28.4 Å². The number of nitrogen functional groups attached to an aromatic ring is 1. The Morgan fingerprint density at radius 1 is 1.15 bits per heavy atom. The second kappa shape index (κ2) is 6.05. The number of halogens is 1. The van der Waals surface area contributed by atoms with E-state index in [1.807, 2.05) is 0 Å². The number of anilines is 1. The molecule has 0 amide bonds. The Labute approximate surface area is 132 Å². The molecule has 0 aliphatic carbocycles. The highest BCUT2D eigenvalue weighted by molar-refractivity contribution is 14.1. The molecule has 2 aromatic rings. The zero-order valence-corrected chi connectivity index (χ0v) is 14.3. The molecule has 0 aliphatic rings. The molecular weight excluding hydrogens is 365 g/mol. The number of ether oxygens (including phenoxy) is 1. The summed E-state index contributed by atoms with van der Waals surface area (Å²) in [6.45, 7) is 6.66. The van der Waals surface area contributed by atoms with Crippen LogP contribution in [0.1, 0.15) is 22.4 Å². The standard InChI is InChI=1S/C15H18IN3O/c1-8-5-9(2)12(10(3)6-8)15-18-11(7-20-4)13(16)14(17)19-15/h5-6H,7H2,1-4H3,(H2,17,18,19). The van der Waals surface area contributed by atoms with Gasteiger partial charge in [-0.3, -0.25) is 0 Å². The van der Waals surface area contributed by atoms with E-state index in [9.17, 15) is 0 Å². The Bertz CT molecular complexity index is 633. The molecular formula is C15H18IN3O. The van der Waals surface area contributed by atoms with Gasteiger partial charge in [0.05, 0.1) is 15.9 Å². The van der Waals surface area contributed by atoms with Gasteiger partial charge in [0.1, 0.15) is 5.82 Å². The summed E-state index contributed by atoms with van der Waals surface area (Å²) in [4.78, 5) is 9.06. The SMILES string of the molecule is COCc1nc(-c2c(C)cc(C)cc2C)nc(N)c1I. The summed E-state index contributed by atoms with van der Waals surface area (Å²) in [7, 11) is 1.65. The van der Waals surface area contributed by atoms with Gasteiger partial charge in [-0.25, -0.2) is 9.97 Å². The van der Waals surface area contributed by atoms with E-state index in [0.29, 0.717) is 18.2 Å². The number of rotatable bonds is 3. The van der Waals surface area contributed by atoms with Gasteiger partial charge in [-0.1, -0.05) is 17.7 Å². The number of nitrogens with two attached hydrogens (primary N) is 1. The Kier molecular flexibility index (Phi) is 4.59. The van der Waals surface area contributed by atoms with Gasteiger partial charge in [0, 0.05) is 12.7 Å². The normalized spacial score (nSPS) is 10.8. The molecule has 0 bridgehead atoms. The number of aryl methyl sites for hydroxylation is 3. The zero-order valence-electron chi connectivity index (χ0n) is 12.1. The summed E-state index contributed by atoms with van der Waals surface area (Å²) in [5.74, 6) is 1.17. The van der Waals surface area contributed by atoms with Gasteiger partial charge in [-0.05, 0) is 54.5 Å². The lowest BCUT2D eigenvalue weighted by molar-refractivity contribution is 0.181. The van der Waals surface area contributed by atoms with E-state index in [0.717, 1.165) is 26.0 Å². The molecule has 1 aromatic heterocycles. The van der Waals surface area contributed by atoms with Crippen LogP contribution in [-0.2, 0) is 11.3 Å². The molecule has 0 unspecified atom stereocenters. The second-order valence-electron chi connectivity index (χ2n) is 4.90. The molecule has 1 heterocycles. The first-order chi connectivity index (χ1) is 9.43. The third kappa shape index (κ3) is 2.93. The van der Waals surface area contributed by atoms with Crippen molar-refractivity contribution in [2.45, 2.75) is 27.4 Å². The molecule has 2 N–H and O–H groups in total. The molecule has 5 heteroatoms. The molecule has 2 rings (SSSR count). The summed E-state index contributed by atoms with van der Waals surface area (Å²) in [6, 6.07) is 4.27. The minimum atomic E-state index is 0.432. The van der Waals surface area contributed by atoms with Gasteiger partial charge < -0.3 is 10.5 Å². The van der Waals surface area contributed by atoms with Gasteiger partial charge in [0.25, 0.3) is 0 Å². The van der Waals surface area contributed by atoms with Crippen molar-refractivity contribution in [2.24, 2.45) is 0 Å². The maximum Gasteiger partial charge on any atom is 0.162 e. The number of benzene rings is 1. The van der Waals surface area contributed by atoms with Crippen molar-refractivity contribution in [2.75, 3.05) is 12.8 Å². The molecule has 1 aromatic carbocycles. The van der Waals surface area contributed by atoms with Crippen LogP contribution in [0.25, 0.3) is 11.4 Å². The van der Waals surface area contributed by atoms with E-state index in [1.165, 1.54) is 5.56 Å². The van der Waals surface area contributed by atoms with Gasteiger partial charge in [0.2, 0.25) is 0 Å². The Morgan fingerprint density at radius 2 is 1.75 bits per heavy atom. The summed E-state index contributed by atoms with van der Waals surface area (Å²) in [5.41, 5.74) is 11.4. The number of methoxy groups -OCH3 is 1. The van der Waals surface area contributed by atoms with Crippen molar-refractivity contribution in [1.82, 2.24) is 9.97 Å². The highest BCUT2D eigenvalue weighted by Gasteiger charge is 2.14. The molecule has 0 aliphatic heterocycles. The molecule has 106 valence electrons. The monoisotopic (exact) mass is 383 g/mol. The number of nitrogens with zero attached hydrogens (tertiary/aromatic N) is 2. The van der Waals surface area contributed by atoms with Crippen LogP contribution in [-0.4, -0.2) is 17.1 Å². The average Bonchev–Trinajstić information content (AvgIpc) is 2.34. The minimum Gasteiger partial charge on any atom is -0.383 e. The summed E-state index contributed by atoms with van der Waals surface area (Å²) < 4.78 is 6.04. The Balaban J connectivity index is 2.64. The molecule has 0 saturated heterocycles. The molecule has 4 nitrogen and oxygen atoms in total. The largest absolute Gasteiger partial charge is 0.383 e. The number of hydrogen-bond donors (Lipinski definition) is 1. The molecule has 0 spiro atoms. The van der Waals surface area contributed by atoms with Crippen LogP contribution in [0.3, 0.4) is 0 Å². The first-order valence-electron chi connectivity index (χ1n) is 6.33. The Hall–Kier alpha value is -1.21. The fraction of sp³-hybridized carbons (Fsp3) is 0.333. The van der Waals surface area contributed by atoms with Crippen LogP contribution < -0.4 is 5.73 Å². The minimum absolute atomic E-state index is 0.432. The maximum atomic E-state index is 6.00. The lowest BCUT2D eigenvalue weighted by atomic mass is 9.99. The van der Waals surface area contributed by atoms with E-state index >= 15 is 0 Å². The number of hydrogen-bond acceptors (Lipinski definition) is 4. The van der Waals surface area contributed by atoms with Crippen molar-refractivity contribution < 1.29 is 4.74 Å². The second-order valence-corrected chi connectivity index (χ2v) is 5.98. The van der Waals surface area contributed by atoms with Gasteiger partial charge in [-0.15, -0.1) is 0 Å². The van der Waals surface area contributed by atoms with E-state index in [-0.39, 0.29) is 0 Å². The van der Waals surface area contributed by atoms with E-state index < -0.39 is 0 Å². The maximum absolute atomic E-state index is 6.00. The van der Waals surface area contributed by atoms with Gasteiger partial charge in [0.15, 0.2) is 5.82 Å². The lowest BCUT2D eigenvalue weighted by Gasteiger charge is -2.13. The highest BCUT2D eigenvalue weighted by atomic mass is 127. The van der Waals surface area contributed by atoms with Crippen molar-refractivity contribution in [1.29, 1.82) is 0 Å². The highest BCUT2D eigenvalue weighted by Crippen LogP contribution is 2.28. The predicted molar refractivity (Wildman–Crippen MR) is 89.5 cm³/mol. The number of aromatic nitrogens is 2. The van der Waals surface area contributed by atoms with Crippen LogP contribution in [0.4, 0.5) is 5.82 Å². The summed E-state index contributed by atoms with van der Waals surface area (Å²) in [6.07, 6.45) is 0. The fourth-order valence-electron chi connectivity index (χ4n) is 2.39. The average molecular weight is 383 g/mol. The summed E-state index contributed by atoms with van der Waals surface area (Å²) in [5, 5.41) is 0. The Morgan fingerprint density at radius 3 is 2.30 bits per heavy atom. The summed E-state index contributed by atoms with van der Waals surface area (Å²) >= 11 is 2.16. The molecule has 0 saturated carbocycles. The van der Waals surface area contributed by atoms with Crippen molar-refractivity contribution in [3.8, 4) is 11.4 Å². The molecule has 20 heavy (non-hydrogen) atoms. The van der Waals surface area contributed by atoms with Crippen molar-refractivity contribution in [3.63, 3.8) is 0 Å². The van der Waals surface area contributed by atoms with E-state index in [2.05, 4.69) is 65.5 Å². The molecule has 0 fully saturated rings. The van der Waals surface area contributed by atoms with Crippen LogP contribution >= 0.6 is 22.6 Å². The van der Waals surface area contributed by atoms with Crippen LogP contribution in [0.2, 0.25) is 0 Å². The smallest absolute Gasteiger partial charge is 0.162 e. The van der Waals surface area contributed by atoms with E-state index in [1.54, 1.807) is 7.11 Å². The fourth-order valence-corrected chi connectivity index (χ4v) is 2.79. The topological polar surface area (TPSA) is 61.0 Å². The third-order valence-electron chi connectivity index (χ3n) is 3.13. The molecule has 0 atom stereocenters. The van der Waals surface area contributed by atoms with E-state index in [4.69, 9.17) is 10.5 Å². The molecule has 0 radical (unpaired) electrons. The predicted octanol–water partition coefficient (Wildman–Crippen LogP) is 3.40. The first-order valence-corrected chi connectivity index (χ1v) is 7.41. The van der Waals surface area contributed by atoms with Gasteiger partial charge >= 0.3 is 0 Å². The zero-order chi connectivity index (χ0) is 14.9. The lowest BCUT2D eigenvalue weighted by Crippen LogP contribution is -2.07. The first kappa shape index (κ1) is 15.2. The quantitative estimate of drug-likeness (QED) is 0.826. The van der Waals surface area contributed by atoms with Crippen LogP contribution in [0.15, 0.2) is 12.1 Å². The van der Waals surface area contributed by atoms with Crippen LogP contribution in [0, 0.1) is 24.3 Å². The third-order valence-corrected chi connectivity index (χ3v) is 4.30. The van der Waals surface area contributed by atoms with Gasteiger partial charge in [-0.2, -0.15) is 0 Å².